The lowest BCUT2D eigenvalue weighted by Gasteiger charge is -2.17. The van der Waals surface area contributed by atoms with Gasteiger partial charge < -0.3 is 9.64 Å². The van der Waals surface area contributed by atoms with E-state index in [1.54, 1.807) is 12.1 Å². The van der Waals surface area contributed by atoms with Gasteiger partial charge in [-0.2, -0.15) is 13.2 Å². The van der Waals surface area contributed by atoms with Crippen LogP contribution in [0.2, 0.25) is 0 Å². The maximum atomic E-state index is 12.8. The van der Waals surface area contributed by atoms with Crippen molar-refractivity contribution in [3.63, 3.8) is 0 Å². The van der Waals surface area contributed by atoms with Crippen LogP contribution in [0.4, 0.5) is 18.9 Å². The fourth-order valence-electron chi connectivity index (χ4n) is 3.10. The molecule has 2 aromatic carbocycles. The number of rotatable bonds is 7. The summed E-state index contributed by atoms with van der Waals surface area (Å²) >= 11 is 0. The van der Waals surface area contributed by atoms with Gasteiger partial charge in [-0.05, 0) is 36.2 Å². The van der Waals surface area contributed by atoms with Gasteiger partial charge in [0.15, 0.2) is 6.61 Å². The molecule has 0 aliphatic carbocycles. The number of alkyl halides is 3. The van der Waals surface area contributed by atoms with Gasteiger partial charge in [-0.3, -0.25) is 9.59 Å². The van der Waals surface area contributed by atoms with E-state index in [9.17, 15) is 31.2 Å². The number of esters is 1. The number of nitrogens with one attached hydrogen (secondary N) is 1. The Bertz CT molecular complexity index is 1090. The first kappa shape index (κ1) is 22.8. The molecule has 0 radical (unpaired) electrons. The molecule has 31 heavy (non-hydrogen) atoms. The van der Waals surface area contributed by atoms with Crippen LogP contribution in [0, 0.1) is 0 Å². The molecule has 0 saturated carbocycles. The first-order valence-corrected chi connectivity index (χ1v) is 10.8. The molecule has 11 heteroatoms. The Morgan fingerprint density at radius 2 is 1.84 bits per heavy atom. The number of nitrogens with zero attached hydrogens (tertiary/aromatic N) is 1. The van der Waals surface area contributed by atoms with Gasteiger partial charge in [-0.15, -0.1) is 0 Å². The van der Waals surface area contributed by atoms with E-state index >= 15 is 0 Å². The molecule has 1 heterocycles. The van der Waals surface area contributed by atoms with Crippen molar-refractivity contribution in [3.05, 3.63) is 59.7 Å². The van der Waals surface area contributed by atoms with Crippen LogP contribution in [0.15, 0.2) is 53.4 Å². The molecule has 0 atom stereocenters. The molecule has 0 spiro atoms. The second-order valence-corrected chi connectivity index (χ2v) is 8.53. The number of amides is 1. The van der Waals surface area contributed by atoms with Crippen molar-refractivity contribution >= 4 is 27.6 Å². The summed E-state index contributed by atoms with van der Waals surface area (Å²) in [6, 6.07) is 10.6. The molecule has 1 N–H and O–H groups in total. The van der Waals surface area contributed by atoms with Gasteiger partial charge in [0.05, 0.1) is 16.9 Å². The smallest absolute Gasteiger partial charge is 0.416 e. The van der Waals surface area contributed by atoms with Crippen molar-refractivity contribution in [2.24, 2.45) is 0 Å². The molecule has 0 bridgehead atoms. The molecule has 1 aliphatic heterocycles. The fraction of sp³-hybridized carbons (Fsp3) is 0.300. The van der Waals surface area contributed by atoms with Crippen LogP contribution in [0.3, 0.4) is 0 Å². The minimum Gasteiger partial charge on any atom is -0.456 e. The standard InChI is InChI=1S/C20H19F3N2O5S/c21-20(22,23)15-5-3-6-16(12-15)31(28,29)24-10-8-19(27)30-13-18(26)25-11-9-14-4-1-2-7-17(14)25/h1-7,12,24H,8-11,13H2. The molecule has 166 valence electrons. The number of para-hydroxylation sites is 1. The van der Waals surface area contributed by atoms with Crippen molar-refractivity contribution in [2.75, 3.05) is 24.6 Å². The average molecular weight is 456 g/mol. The number of hydrogen-bond donors (Lipinski definition) is 1. The zero-order valence-electron chi connectivity index (χ0n) is 16.2. The molecule has 3 rings (SSSR count). The van der Waals surface area contributed by atoms with E-state index < -0.39 is 51.7 Å². The number of ether oxygens (including phenoxy) is 1. The van der Waals surface area contributed by atoms with E-state index in [0.29, 0.717) is 19.0 Å². The zero-order valence-corrected chi connectivity index (χ0v) is 17.0. The number of anilines is 1. The molecular weight excluding hydrogens is 437 g/mol. The summed E-state index contributed by atoms with van der Waals surface area (Å²) in [7, 11) is -4.25. The highest BCUT2D eigenvalue weighted by atomic mass is 32.2. The zero-order chi connectivity index (χ0) is 22.6. The number of halogens is 3. The number of carbonyl (C=O) groups is 2. The second-order valence-electron chi connectivity index (χ2n) is 6.76. The average Bonchev–Trinajstić information content (AvgIpc) is 3.16. The van der Waals surface area contributed by atoms with Crippen LogP contribution in [-0.4, -0.2) is 40.0 Å². The molecule has 1 amide bonds. The fourth-order valence-corrected chi connectivity index (χ4v) is 4.18. The highest BCUT2D eigenvalue weighted by Crippen LogP contribution is 2.30. The lowest BCUT2D eigenvalue weighted by molar-refractivity contribution is -0.147. The van der Waals surface area contributed by atoms with Gasteiger partial charge in [0.1, 0.15) is 0 Å². The number of carbonyl (C=O) groups excluding carboxylic acids is 2. The van der Waals surface area contributed by atoms with Crippen LogP contribution >= 0.6 is 0 Å². The Kier molecular flexibility index (Phi) is 6.65. The van der Waals surface area contributed by atoms with Crippen LogP contribution in [0.1, 0.15) is 17.5 Å². The van der Waals surface area contributed by atoms with Crippen molar-refractivity contribution in [1.29, 1.82) is 0 Å². The van der Waals surface area contributed by atoms with E-state index in [-0.39, 0.29) is 6.42 Å². The van der Waals surface area contributed by atoms with Gasteiger partial charge in [0, 0.05) is 18.8 Å². The van der Waals surface area contributed by atoms with E-state index in [1.165, 1.54) is 4.90 Å². The summed E-state index contributed by atoms with van der Waals surface area (Å²) in [4.78, 5) is 25.1. The molecule has 0 saturated heterocycles. The Labute approximate surface area is 176 Å². The normalized spacial score (nSPS) is 13.7. The van der Waals surface area contributed by atoms with E-state index in [0.717, 1.165) is 29.4 Å². The van der Waals surface area contributed by atoms with Crippen LogP contribution < -0.4 is 9.62 Å². The highest BCUT2D eigenvalue weighted by molar-refractivity contribution is 7.89. The minimum absolute atomic E-state index is 0.387. The third-order valence-electron chi connectivity index (χ3n) is 4.64. The molecule has 0 fully saturated rings. The van der Waals surface area contributed by atoms with Gasteiger partial charge in [-0.1, -0.05) is 24.3 Å². The molecular formula is C20H19F3N2O5S. The van der Waals surface area contributed by atoms with Crippen LogP contribution in [0.5, 0.6) is 0 Å². The van der Waals surface area contributed by atoms with Gasteiger partial charge in [-0.25, -0.2) is 13.1 Å². The van der Waals surface area contributed by atoms with E-state index in [1.807, 2.05) is 16.9 Å². The van der Waals surface area contributed by atoms with Crippen LogP contribution in [-0.2, 0) is 36.9 Å². The lowest BCUT2D eigenvalue weighted by atomic mass is 10.2. The second kappa shape index (κ2) is 9.06. The summed E-state index contributed by atoms with van der Waals surface area (Å²) in [5.74, 6) is -1.21. The Balaban J connectivity index is 1.48. The van der Waals surface area contributed by atoms with E-state index in [4.69, 9.17) is 4.74 Å². The van der Waals surface area contributed by atoms with Crippen molar-refractivity contribution in [1.82, 2.24) is 4.72 Å². The van der Waals surface area contributed by atoms with Gasteiger partial charge in [0.25, 0.3) is 5.91 Å². The summed E-state index contributed by atoms with van der Waals surface area (Å²) in [5, 5.41) is 0. The Morgan fingerprint density at radius 1 is 1.10 bits per heavy atom. The maximum Gasteiger partial charge on any atom is 0.416 e. The number of hydrogen-bond acceptors (Lipinski definition) is 5. The number of sulfonamides is 1. The molecule has 2 aromatic rings. The lowest BCUT2D eigenvalue weighted by Crippen LogP contribution is -2.33. The highest BCUT2D eigenvalue weighted by Gasteiger charge is 2.31. The Hall–Kier alpha value is -2.92. The van der Waals surface area contributed by atoms with Gasteiger partial charge in [0.2, 0.25) is 10.0 Å². The topological polar surface area (TPSA) is 92.8 Å². The number of benzene rings is 2. The first-order chi connectivity index (χ1) is 14.6. The predicted molar refractivity (Wildman–Crippen MR) is 105 cm³/mol. The molecule has 1 aliphatic rings. The SMILES string of the molecule is O=C(CCNS(=O)(=O)c1cccc(C(F)(F)F)c1)OCC(=O)N1CCc2ccccc21. The Morgan fingerprint density at radius 3 is 2.58 bits per heavy atom. The predicted octanol–water partition coefficient (Wildman–Crippen LogP) is 2.51. The molecule has 0 aromatic heterocycles. The summed E-state index contributed by atoms with van der Waals surface area (Å²) in [6.45, 7) is -0.405. The van der Waals surface area contributed by atoms with Crippen molar-refractivity contribution in [3.8, 4) is 0 Å². The third-order valence-corrected chi connectivity index (χ3v) is 6.10. The quantitative estimate of drug-likeness (QED) is 0.647. The third kappa shape index (κ3) is 5.61. The van der Waals surface area contributed by atoms with Crippen molar-refractivity contribution in [2.45, 2.75) is 23.9 Å². The summed E-state index contributed by atoms with van der Waals surface area (Å²) < 4.78 is 69.5. The monoisotopic (exact) mass is 456 g/mol. The first-order valence-electron chi connectivity index (χ1n) is 9.29. The van der Waals surface area contributed by atoms with Gasteiger partial charge >= 0.3 is 12.1 Å². The summed E-state index contributed by atoms with van der Waals surface area (Å²) in [5.41, 5.74) is 0.681. The largest absolute Gasteiger partial charge is 0.456 e. The minimum atomic E-state index is -4.68. The van der Waals surface area contributed by atoms with E-state index in [2.05, 4.69) is 0 Å². The van der Waals surface area contributed by atoms with Crippen molar-refractivity contribution < 1.29 is 35.9 Å². The molecule has 7 nitrogen and oxygen atoms in total. The van der Waals surface area contributed by atoms with Crippen LogP contribution in [0.25, 0.3) is 0 Å². The number of fused-ring (bicyclic) bond motifs is 1. The molecule has 0 unspecified atom stereocenters. The summed E-state index contributed by atoms with van der Waals surface area (Å²) in [6.07, 6.45) is -4.37. The maximum absolute atomic E-state index is 12.8.